The van der Waals surface area contributed by atoms with Gasteiger partial charge in [0.15, 0.2) is 0 Å². The summed E-state index contributed by atoms with van der Waals surface area (Å²) in [4.78, 5) is 2.69. The molecule has 0 atom stereocenters. The van der Waals surface area contributed by atoms with Gasteiger partial charge in [-0.1, -0.05) is 20.8 Å². The highest BCUT2D eigenvalue weighted by molar-refractivity contribution is 7.99. The number of hydrogen-bond donors (Lipinski definition) is 0. The normalized spacial score (nSPS) is 19.5. The van der Waals surface area contributed by atoms with Crippen molar-refractivity contribution in [1.29, 1.82) is 0 Å². The van der Waals surface area contributed by atoms with Crippen molar-refractivity contribution in [2.75, 3.05) is 24.6 Å². The lowest BCUT2D eigenvalue weighted by atomic mass is 10.1. The van der Waals surface area contributed by atoms with E-state index in [0.29, 0.717) is 0 Å². The van der Waals surface area contributed by atoms with E-state index in [9.17, 15) is 0 Å². The second-order valence-electron chi connectivity index (χ2n) is 4.65. The molecule has 0 spiro atoms. The zero-order valence-electron chi connectivity index (χ0n) is 9.96. The summed E-state index contributed by atoms with van der Waals surface area (Å²) in [6.45, 7) is 9.50. The molecular formula is C12H25NS. The smallest absolute Gasteiger partial charge is 0.0111 e. The molecule has 1 heterocycles. The van der Waals surface area contributed by atoms with E-state index in [4.69, 9.17) is 0 Å². The van der Waals surface area contributed by atoms with Crippen LogP contribution in [0.3, 0.4) is 0 Å². The Morgan fingerprint density at radius 2 is 1.93 bits per heavy atom. The van der Waals surface area contributed by atoms with Crippen molar-refractivity contribution >= 4 is 11.8 Å². The van der Waals surface area contributed by atoms with E-state index in [1.165, 1.54) is 43.9 Å². The minimum Gasteiger partial charge on any atom is -0.301 e. The molecule has 0 aliphatic carbocycles. The predicted octanol–water partition coefficient (Wildman–Crippen LogP) is 3.25. The molecule has 0 bridgehead atoms. The molecule has 0 amide bonds. The topological polar surface area (TPSA) is 3.24 Å². The molecule has 0 aromatic rings. The molecular weight excluding hydrogens is 190 g/mol. The lowest BCUT2D eigenvalue weighted by molar-refractivity contribution is 0.185. The molecule has 1 aliphatic heterocycles. The van der Waals surface area contributed by atoms with Crippen LogP contribution >= 0.6 is 11.8 Å². The first-order valence-electron chi connectivity index (χ1n) is 6.05. The number of nitrogens with zero attached hydrogens (tertiary/aromatic N) is 1. The van der Waals surface area contributed by atoms with Crippen molar-refractivity contribution in [3.05, 3.63) is 0 Å². The summed E-state index contributed by atoms with van der Waals surface area (Å²) in [7, 11) is 0. The molecule has 0 radical (unpaired) electrons. The summed E-state index contributed by atoms with van der Waals surface area (Å²) >= 11 is 2.12. The van der Waals surface area contributed by atoms with E-state index in [1.807, 2.05) is 0 Å². The van der Waals surface area contributed by atoms with Crippen molar-refractivity contribution < 1.29 is 0 Å². The Kier molecular flexibility index (Phi) is 5.95. The second-order valence-corrected chi connectivity index (χ2v) is 5.88. The lowest BCUT2D eigenvalue weighted by Crippen LogP contribution is -2.38. The van der Waals surface area contributed by atoms with Crippen LogP contribution in [0.2, 0.25) is 0 Å². The Morgan fingerprint density at radius 1 is 1.29 bits per heavy atom. The molecule has 0 N–H and O–H groups in total. The molecule has 84 valence electrons. The number of thioether (sulfide) groups is 1. The highest BCUT2D eigenvalue weighted by Gasteiger charge is 2.19. The Labute approximate surface area is 93.6 Å². The van der Waals surface area contributed by atoms with Gasteiger partial charge in [-0.15, -0.1) is 0 Å². The fourth-order valence-corrected chi connectivity index (χ4v) is 3.15. The van der Waals surface area contributed by atoms with Gasteiger partial charge in [-0.25, -0.2) is 0 Å². The largest absolute Gasteiger partial charge is 0.301 e. The van der Waals surface area contributed by atoms with Gasteiger partial charge in [0.1, 0.15) is 0 Å². The van der Waals surface area contributed by atoms with E-state index >= 15 is 0 Å². The van der Waals surface area contributed by atoms with Crippen LogP contribution in [0, 0.1) is 5.92 Å². The molecule has 0 unspecified atom stereocenters. The van der Waals surface area contributed by atoms with Gasteiger partial charge in [0.2, 0.25) is 0 Å². The van der Waals surface area contributed by atoms with Gasteiger partial charge in [-0.3, -0.25) is 0 Å². The summed E-state index contributed by atoms with van der Waals surface area (Å²) < 4.78 is 0. The fraction of sp³-hybridized carbons (Fsp3) is 1.00. The first-order valence-corrected chi connectivity index (χ1v) is 7.21. The van der Waals surface area contributed by atoms with Crippen LogP contribution in [0.5, 0.6) is 0 Å². The first kappa shape index (κ1) is 12.4. The lowest BCUT2D eigenvalue weighted by Gasteiger charge is -2.33. The summed E-state index contributed by atoms with van der Waals surface area (Å²) in [6.07, 6.45) is 4.19. The van der Waals surface area contributed by atoms with Gasteiger partial charge >= 0.3 is 0 Å². The van der Waals surface area contributed by atoms with Crippen molar-refractivity contribution in [2.45, 2.75) is 46.1 Å². The quantitative estimate of drug-likeness (QED) is 0.692. The van der Waals surface area contributed by atoms with Crippen LogP contribution in [-0.2, 0) is 0 Å². The predicted molar refractivity (Wildman–Crippen MR) is 67.0 cm³/mol. The Hall–Kier alpha value is 0.310. The number of hydrogen-bond acceptors (Lipinski definition) is 2. The van der Waals surface area contributed by atoms with Crippen molar-refractivity contribution in [3.63, 3.8) is 0 Å². The molecule has 2 heteroatoms. The van der Waals surface area contributed by atoms with Crippen molar-refractivity contribution in [1.82, 2.24) is 4.90 Å². The van der Waals surface area contributed by atoms with Crippen LogP contribution in [0.25, 0.3) is 0 Å². The Morgan fingerprint density at radius 3 is 2.43 bits per heavy atom. The maximum absolute atomic E-state index is 2.69. The minimum absolute atomic E-state index is 0.849. The van der Waals surface area contributed by atoms with Crippen LogP contribution in [-0.4, -0.2) is 35.5 Å². The van der Waals surface area contributed by atoms with Gasteiger partial charge in [0.25, 0.3) is 0 Å². The zero-order valence-corrected chi connectivity index (χ0v) is 10.8. The molecule has 1 fully saturated rings. The van der Waals surface area contributed by atoms with E-state index in [1.54, 1.807) is 0 Å². The Bertz CT molecular complexity index is 141. The monoisotopic (exact) mass is 215 g/mol. The maximum Gasteiger partial charge on any atom is 0.0111 e. The fourth-order valence-electron chi connectivity index (χ4n) is 2.07. The highest BCUT2D eigenvalue weighted by atomic mass is 32.2. The molecule has 1 rings (SSSR count). The van der Waals surface area contributed by atoms with Gasteiger partial charge in [0.05, 0.1) is 0 Å². The van der Waals surface area contributed by atoms with E-state index in [-0.39, 0.29) is 0 Å². The molecule has 0 saturated carbocycles. The second kappa shape index (κ2) is 6.73. The molecule has 14 heavy (non-hydrogen) atoms. The average Bonchev–Trinajstić information content (AvgIpc) is 2.20. The highest BCUT2D eigenvalue weighted by Crippen LogP contribution is 2.22. The van der Waals surface area contributed by atoms with E-state index in [2.05, 4.69) is 37.4 Å². The average molecular weight is 215 g/mol. The van der Waals surface area contributed by atoms with Crippen LogP contribution < -0.4 is 0 Å². The molecule has 1 saturated heterocycles. The van der Waals surface area contributed by atoms with E-state index < -0.39 is 0 Å². The van der Waals surface area contributed by atoms with Gasteiger partial charge in [-0.2, -0.15) is 11.8 Å². The third-order valence-electron chi connectivity index (χ3n) is 3.11. The van der Waals surface area contributed by atoms with Crippen LogP contribution in [0.15, 0.2) is 0 Å². The number of rotatable bonds is 5. The minimum atomic E-state index is 0.849. The summed E-state index contributed by atoms with van der Waals surface area (Å²) in [5, 5.41) is 0. The molecule has 1 nitrogen and oxygen atoms in total. The standard InChI is InChI=1S/C12H25NS/c1-4-13(8-5-11(2)3)12-6-9-14-10-7-12/h11-12H,4-10H2,1-3H3. The SMILES string of the molecule is CCN(CCC(C)C)C1CCSCC1. The van der Waals surface area contributed by atoms with Crippen LogP contribution in [0.1, 0.15) is 40.0 Å². The third-order valence-corrected chi connectivity index (χ3v) is 4.16. The summed E-state index contributed by atoms with van der Waals surface area (Å²) in [5.41, 5.74) is 0. The van der Waals surface area contributed by atoms with Crippen molar-refractivity contribution in [3.8, 4) is 0 Å². The van der Waals surface area contributed by atoms with E-state index in [0.717, 1.165) is 12.0 Å². The first-order chi connectivity index (χ1) is 6.74. The van der Waals surface area contributed by atoms with Crippen molar-refractivity contribution in [2.24, 2.45) is 5.92 Å². The molecule has 1 aliphatic rings. The summed E-state index contributed by atoms with van der Waals surface area (Å²) in [6, 6.07) is 0.889. The summed E-state index contributed by atoms with van der Waals surface area (Å²) in [5.74, 6) is 3.60. The third kappa shape index (κ3) is 4.22. The van der Waals surface area contributed by atoms with Gasteiger partial charge in [0, 0.05) is 6.04 Å². The zero-order chi connectivity index (χ0) is 10.4. The van der Waals surface area contributed by atoms with Gasteiger partial charge < -0.3 is 4.90 Å². The maximum atomic E-state index is 2.69. The van der Waals surface area contributed by atoms with Gasteiger partial charge in [-0.05, 0) is 49.8 Å². The molecule has 0 aromatic heterocycles. The Balaban J connectivity index is 2.28. The van der Waals surface area contributed by atoms with Crippen LogP contribution in [0.4, 0.5) is 0 Å². The molecule has 0 aromatic carbocycles.